The monoisotopic (exact) mass is 382 g/mol. The fourth-order valence-corrected chi connectivity index (χ4v) is 3.10. The zero-order chi connectivity index (χ0) is 19.8. The van der Waals surface area contributed by atoms with Gasteiger partial charge in [0.1, 0.15) is 12.4 Å². The van der Waals surface area contributed by atoms with Gasteiger partial charge in [0, 0.05) is 31.2 Å². The lowest BCUT2D eigenvalue weighted by molar-refractivity contribution is 0.0827. The van der Waals surface area contributed by atoms with Crippen LogP contribution in [0.1, 0.15) is 29.3 Å². The Morgan fingerprint density at radius 3 is 2.57 bits per heavy atom. The van der Waals surface area contributed by atoms with Gasteiger partial charge in [0.15, 0.2) is 5.78 Å². The molecule has 1 N–H and O–H groups in total. The lowest BCUT2D eigenvalue weighted by atomic mass is 10.1. The summed E-state index contributed by atoms with van der Waals surface area (Å²) in [5, 5.41) is 3.41. The van der Waals surface area contributed by atoms with Crippen molar-refractivity contribution < 1.29 is 19.1 Å². The van der Waals surface area contributed by atoms with Gasteiger partial charge in [-0.15, -0.1) is 0 Å². The van der Waals surface area contributed by atoms with Crippen LogP contribution in [0.2, 0.25) is 0 Å². The average Bonchev–Trinajstić information content (AvgIpc) is 2.73. The number of carbonyl (C=O) groups is 2. The standard InChI is InChI=1S/C22H26N2O4/c1-17(25)19-7-9-21(10-8-19)27-14-11-20-15-24(13-12-23-20)22(26)28-16-18-5-3-2-4-6-18/h2-10,20,23H,11-16H2,1H3/t20-/m1/s1. The third-order valence-corrected chi connectivity index (χ3v) is 4.71. The first-order valence-corrected chi connectivity index (χ1v) is 9.54. The van der Waals surface area contributed by atoms with Gasteiger partial charge in [-0.05, 0) is 43.2 Å². The van der Waals surface area contributed by atoms with Gasteiger partial charge < -0.3 is 19.7 Å². The summed E-state index contributed by atoms with van der Waals surface area (Å²) in [6.07, 6.45) is 0.493. The molecular weight excluding hydrogens is 356 g/mol. The van der Waals surface area contributed by atoms with Crippen LogP contribution in [0.5, 0.6) is 5.75 Å². The second-order valence-corrected chi connectivity index (χ2v) is 6.85. The number of nitrogens with zero attached hydrogens (tertiary/aromatic N) is 1. The number of carbonyl (C=O) groups excluding carboxylic acids is 2. The SMILES string of the molecule is CC(=O)c1ccc(OCC[C@@H]2CN(C(=O)OCc3ccccc3)CCN2)cc1. The van der Waals surface area contributed by atoms with Crippen LogP contribution in [-0.4, -0.2) is 49.1 Å². The van der Waals surface area contributed by atoms with Crippen molar-refractivity contribution in [2.24, 2.45) is 0 Å². The van der Waals surface area contributed by atoms with Crippen molar-refractivity contribution in [3.8, 4) is 5.75 Å². The molecule has 28 heavy (non-hydrogen) atoms. The van der Waals surface area contributed by atoms with Gasteiger partial charge in [0.25, 0.3) is 0 Å². The number of amides is 1. The minimum Gasteiger partial charge on any atom is -0.494 e. The van der Waals surface area contributed by atoms with Gasteiger partial charge in [-0.2, -0.15) is 0 Å². The fourth-order valence-electron chi connectivity index (χ4n) is 3.10. The molecule has 148 valence electrons. The molecule has 1 amide bonds. The van der Waals surface area contributed by atoms with Gasteiger partial charge in [-0.25, -0.2) is 4.79 Å². The molecule has 0 radical (unpaired) electrons. The van der Waals surface area contributed by atoms with Crippen LogP contribution in [0.4, 0.5) is 4.79 Å². The molecule has 6 nitrogen and oxygen atoms in total. The first kappa shape index (κ1) is 19.9. The molecule has 1 aliphatic rings. The Balaban J connectivity index is 1.40. The summed E-state index contributed by atoms with van der Waals surface area (Å²) >= 11 is 0. The zero-order valence-electron chi connectivity index (χ0n) is 16.1. The first-order chi connectivity index (χ1) is 13.6. The van der Waals surface area contributed by atoms with E-state index in [9.17, 15) is 9.59 Å². The number of nitrogens with one attached hydrogen (secondary N) is 1. The maximum Gasteiger partial charge on any atom is 0.410 e. The third kappa shape index (κ3) is 5.82. The summed E-state index contributed by atoms with van der Waals surface area (Å²) in [7, 11) is 0. The summed E-state index contributed by atoms with van der Waals surface area (Å²) in [5.74, 6) is 0.775. The first-order valence-electron chi connectivity index (χ1n) is 9.54. The Labute approximate surface area is 165 Å². The summed E-state index contributed by atoms with van der Waals surface area (Å²) < 4.78 is 11.2. The molecule has 0 bridgehead atoms. The number of hydrogen-bond acceptors (Lipinski definition) is 5. The van der Waals surface area contributed by atoms with E-state index in [1.54, 1.807) is 36.1 Å². The molecule has 1 heterocycles. The van der Waals surface area contributed by atoms with Gasteiger partial charge >= 0.3 is 6.09 Å². The van der Waals surface area contributed by atoms with Crippen molar-refractivity contribution in [2.75, 3.05) is 26.2 Å². The van der Waals surface area contributed by atoms with Gasteiger partial charge in [-0.1, -0.05) is 30.3 Å². The predicted molar refractivity (Wildman–Crippen MR) is 107 cm³/mol. The van der Waals surface area contributed by atoms with E-state index in [4.69, 9.17) is 9.47 Å². The Hall–Kier alpha value is -2.86. The van der Waals surface area contributed by atoms with Crippen molar-refractivity contribution in [1.82, 2.24) is 10.2 Å². The van der Waals surface area contributed by atoms with Crippen molar-refractivity contribution in [3.63, 3.8) is 0 Å². The summed E-state index contributed by atoms with van der Waals surface area (Å²) in [6, 6.07) is 17.0. The highest BCUT2D eigenvalue weighted by atomic mass is 16.6. The number of piperazine rings is 1. The van der Waals surface area contributed by atoms with Crippen LogP contribution in [0, 0.1) is 0 Å². The molecule has 2 aromatic rings. The molecule has 0 saturated carbocycles. The number of benzene rings is 2. The van der Waals surface area contributed by atoms with E-state index in [1.165, 1.54) is 0 Å². The quantitative estimate of drug-likeness (QED) is 0.745. The molecule has 1 saturated heterocycles. The molecule has 0 unspecified atom stereocenters. The summed E-state index contributed by atoms with van der Waals surface area (Å²) in [5.41, 5.74) is 1.65. The molecule has 1 atom stereocenters. The van der Waals surface area contributed by atoms with E-state index < -0.39 is 0 Å². The molecule has 1 fully saturated rings. The maximum absolute atomic E-state index is 12.3. The predicted octanol–water partition coefficient (Wildman–Crippen LogP) is 3.27. The highest BCUT2D eigenvalue weighted by Gasteiger charge is 2.24. The van der Waals surface area contributed by atoms with Crippen molar-refractivity contribution in [1.29, 1.82) is 0 Å². The number of ether oxygens (including phenoxy) is 2. The van der Waals surface area contributed by atoms with Crippen LogP contribution in [0.3, 0.4) is 0 Å². The number of Topliss-reactive ketones (excluding diaryl/α,β-unsaturated/α-hetero) is 1. The minimum atomic E-state index is -0.281. The zero-order valence-corrected chi connectivity index (χ0v) is 16.1. The maximum atomic E-state index is 12.3. The average molecular weight is 382 g/mol. The topological polar surface area (TPSA) is 67.9 Å². The molecule has 1 aliphatic heterocycles. The molecule has 0 aliphatic carbocycles. The lowest BCUT2D eigenvalue weighted by Crippen LogP contribution is -2.53. The molecule has 0 spiro atoms. The molecule has 6 heteroatoms. The Morgan fingerprint density at radius 2 is 1.86 bits per heavy atom. The molecular formula is C22H26N2O4. The van der Waals surface area contributed by atoms with Gasteiger partial charge in [0.2, 0.25) is 0 Å². The molecule has 0 aromatic heterocycles. The normalized spacial score (nSPS) is 16.5. The van der Waals surface area contributed by atoms with Gasteiger partial charge in [0.05, 0.1) is 6.61 Å². The van der Waals surface area contributed by atoms with E-state index in [2.05, 4.69) is 5.32 Å². The summed E-state index contributed by atoms with van der Waals surface area (Å²) in [4.78, 5) is 25.4. The minimum absolute atomic E-state index is 0.0391. The van der Waals surface area contributed by atoms with E-state index in [0.717, 1.165) is 24.3 Å². The highest BCUT2D eigenvalue weighted by molar-refractivity contribution is 5.94. The lowest BCUT2D eigenvalue weighted by Gasteiger charge is -2.33. The van der Waals surface area contributed by atoms with E-state index >= 15 is 0 Å². The second-order valence-electron chi connectivity index (χ2n) is 6.85. The number of hydrogen-bond donors (Lipinski definition) is 1. The molecule has 2 aromatic carbocycles. The van der Waals surface area contributed by atoms with Crippen LogP contribution in [0.25, 0.3) is 0 Å². The highest BCUT2D eigenvalue weighted by Crippen LogP contribution is 2.14. The Morgan fingerprint density at radius 1 is 1.11 bits per heavy atom. The molecule has 3 rings (SSSR count). The van der Waals surface area contributed by atoms with E-state index in [-0.39, 0.29) is 24.5 Å². The van der Waals surface area contributed by atoms with E-state index in [1.807, 2.05) is 30.3 Å². The van der Waals surface area contributed by atoms with Crippen LogP contribution >= 0.6 is 0 Å². The van der Waals surface area contributed by atoms with E-state index in [0.29, 0.717) is 25.3 Å². The van der Waals surface area contributed by atoms with Crippen LogP contribution < -0.4 is 10.1 Å². The third-order valence-electron chi connectivity index (χ3n) is 4.71. The smallest absolute Gasteiger partial charge is 0.410 e. The Kier molecular flexibility index (Phi) is 7.03. The summed E-state index contributed by atoms with van der Waals surface area (Å²) in [6.45, 7) is 4.33. The van der Waals surface area contributed by atoms with Crippen molar-refractivity contribution in [3.05, 3.63) is 65.7 Å². The largest absolute Gasteiger partial charge is 0.494 e. The number of rotatable bonds is 7. The second kappa shape index (κ2) is 9.90. The Bertz CT molecular complexity index is 777. The van der Waals surface area contributed by atoms with Crippen LogP contribution in [-0.2, 0) is 11.3 Å². The number of ketones is 1. The fraction of sp³-hybridized carbons (Fsp3) is 0.364. The van der Waals surface area contributed by atoms with Gasteiger partial charge in [-0.3, -0.25) is 4.79 Å². The van der Waals surface area contributed by atoms with Crippen molar-refractivity contribution in [2.45, 2.75) is 26.0 Å². The van der Waals surface area contributed by atoms with Crippen LogP contribution in [0.15, 0.2) is 54.6 Å². The van der Waals surface area contributed by atoms with Crippen molar-refractivity contribution >= 4 is 11.9 Å².